The molecular weight excluding hydrogens is 607 g/mol. The lowest BCUT2D eigenvalue weighted by Crippen LogP contribution is -2.61. The second kappa shape index (κ2) is 11.6. The van der Waals surface area contributed by atoms with Gasteiger partial charge in [-0.2, -0.15) is 5.10 Å². The minimum absolute atomic E-state index is 0.0436. The van der Waals surface area contributed by atoms with Crippen LogP contribution in [0.15, 0.2) is 24.8 Å². The van der Waals surface area contributed by atoms with Crippen LogP contribution >= 0.6 is 23.2 Å². The number of hydrogen-bond acceptors (Lipinski definition) is 7. The van der Waals surface area contributed by atoms with Gasteiger partial charge in [-0.05, 0) is 50.0 Å². The first-order chi connectivity index (χ1) is 20.6. The lowest BCUT2D eigenvalue weighted by molar-refractivity contribution is -0.130. The van der Waals surface area contributed by atoms with Crippen molar-refractivity contribution >= 4 is 57.8 Å². The number of imidazole rings is 1. The maximum Gasteiger partial charge on any atom is 0.410 e. The van der Waals surface area contributed by atoms with Gasteiger partial charge in [0.05, 0.1) is 24.1 Å². The fourth-order valence-corrected chi connectivity index (χ4v) is 6.03. The van der Waals surface area contributed by atoms with Crippen LogP contribution in [-0.2, 0) is 21.5 Å². The molecule has 3 N–H and O–H groups in total. The first-order valence-electron chi connectivity index (χ1n) is 14.4. The number of nitrogens with zero attached hydrogens (tertiary/aromatic N) is 5. The second-order valence-electron chi connectivity index (χ2n) is 13.2. The van der Waals surface area contributed by atoms with Crippen molar-refractivity contribution in [3.8, 4) is 0 Å². The highest BCUT2D eigenvalue weighted by molar-refractivity contribution is 6.32. The molecule has 3 amide bonds. The highest BCUT2D eigenvalue weighted by atomic mass is 35.5. The van der Waals surface area contributed by atoms with Crippen LogP contribution in [0.5, 0.6) is 0 Å². The fourth-order valence-electron chi connectivity index (χ4n) is 5.31. The van der Waals surface area contributed by atoms with E-state index < -0.39 is 17.6 Å². The molecule has 2 aliphatic heterocycles. The SMILES string of the molecule is C=CC(=O)N1CC(NC(=O)c2c(Cl)nc(CNc3n[nH]c4cc(Cl)c(C(C)(C)C)cc34)n2C2CN(C(=O)OC(C)(C)C)C2)C1. The number of aromatic nitrogens is 4. The first kappa shape index (κ1) is 31.6. The van der Waals surface area contributed by atoms with Gasteiger partial charge in [0.25, 0.3) is 5.91 Å². The molecule has 2 fully saturated rings. The van der Waals surface area contributed by atoms with Crippen molar-refractivity contribution in [1.29, 1.82) is 0 Å². The molecule has 0 saturated carbocycles. The summed E-state index contributed by atoms with van der Waals surface area (Å²) in [6.45, 7) is 16.8. The Morgan fingerprint density at radius 3 is 2.39 bits per heavy atom. The summed E-state index contributed by atoms with van der Waals surface area (Å²) in [7, 11) is 0. The number of nitrogens with one attached hydrogen (secondary N) is 3. The average molecular weight is 646 g/mol. The molecular formula is C30H38Cl2N8O4. The lowest BCUT2D eigenvalue weighted by Gasteiger charge is -2.42. The van der Waals surface area contributed by atoms with E-state index in [2.05, 4.69) is 53.2 Å². The minimum Gasteiger partial charge on any atom is -0.444 e. The number of anilines is 1. The van der Waals surface area contributed by atoms with Gasteiger partial charge in [-0.15, -0.1) is 0 Å². The quantitative estimate of drug-likeness (QED) is 0.311. The highest BCUT2D eigenvalue weighted by Crippen LogP contribution is 2.35. The molecule has 3 aromatic rings. The molecule has 4 heterocycles. The van der Waals surface area contributed by atoms with Crippen molar-refractivity contribution < 1.29 is 19.1 Å². The molecule has 236 valence electrons. The lowest BCUT2D eigenvalue weighted by atomic mass is 9.86. The molecule has 0 aliphatic carbocycles. The van der Waals surface area contributed by atoms with Gasteiger partial charge in [0.2, 0.25) is 5.91 Å². The molecule has 12 nitrogen and oxygen atoms in total. The highest BCUT2D eigenvalue weighted by Gasteiger charge is 2.40. The summed E-state index contributed by atoms with van der Waals surface area (Å²) in [5, 5.41) is 15.3. The van der Waals surface area contributed by atoms with Gasteiger partial charge < -0.3 is 29.7 Å². The van der Waals surface area contributed by atoms with Crippen molar-refractivity contribution in [2.24, 2.45) is 0 Å². The summed E-state index contributed by atoms with van der Waals surface area (Å²) in [6, 6.07) is 3.39. The Kier molecular flexibility index (Phi) is 8.36. The Morgan fingerprint density at radius 1 is 1.09 bits per heavy atom. The van der Waals surface area contributed by atoms with E-state index in [-0.39, 0.29) is 40.8 Å². The molecule has 0 bridgehead atoms. The van der Waals surface area contributed by atoms with Gasteiger partial charge in [0.15, 0.2) is 11.0 Å². The minimum atomic E-state index is -0.631. The normalized spacial score (nSPS) is 16.0. The zero-order valence-corrected chi connectivity index (χ0v) is 27.3. The van der Waals surface area contributed by atoms with Gasteiger partial charge >= 0.3 is 6.09 Å². The molecule has 0 radical (unpaired) electrons. The van der Waals surface area contributed by atoms with Gasteiger partial charge in [-0.3, -0.25) is 14.7 Å². The average Bonchev–Trinajstić information content (AvgIpc) is 3.40. The summed E-state index contributed by atoms with van der Waals surface area (Å²) < 4.78 is 7.30. The molecule has 0 atom stereocenters. The summed E-state index contributed by atoms with van der Waals surface area (Å²) >= 11 is 13.2. The molecule has 1 aromatic carbocycles. The largest absolute Gasteiger partial charge is 0.444 e. The third kappa shape index (κ3) is 6.37. The van der Waals surface area contributed by atoms with E-state index >= 15 is 0 Å². The van der Waals surface area contributed by atoms with Crippen molar-refractivity contribution in [2.75, 3.05) is 31.5 Å². The third-order valence-corrected chi connectivity index (χ3v) is 8.19. The number of hydrogen-bond donors (Lipinski definition) is 3. The van der Waals surface area contributed by atoms with Crippen LogP contribution in [0.2, 0.25) is 10.2 Å². The predicted octanol–water partition coefficient (Wildman–Crippen LogP) is 4.89. The number of likely N-dealkylation sites (tertiary alicyclic amines) is 2. The smallest absolute Gasteiger partial charge is 0.410 e. The number of benzene rings is 1. The van der Waals surface area contributed by atoms with E-state index in [0.717, 1.165) is 16.5 Å². The van der Waals surface area contributed by atoms with Gasteiger partial charge in [0, 0.05) is 36.6 Å². The number of rotatable bonds is 7. The Bertz CT molecular complexity index is 1620. The number of halogens is 2. The topological polar surface area (TPSA) is 137 Å². The standard InChI is InChI=1S/C30H38Cl2N8O4/c1-8-23(41)38-12-16(13-38)34-27(42)24-25(32)35-22(40(24)17-14-39(15-17)28(43)44-30(5,6)7)11-33-26-18-9-19(29(2,3)4)20(31)10-21(18)36-37-26/h8-10,16-17H,1,11-15H2,2-7H3,(H,34,42)(H2,33,36,37). The number of carbonyl (C=O) groups excluding carboxylic acids is 3. The molecule has 2 aliphatic rings. The van der Waals surface area contributed by atoms with Crippen LogP contribution in [0, 0.1) is 0 Å². The number of ether oxygens (including phenoxy) is 1. The van der Waals surface area contributed by atoms with Gasteiger partial charge in [0.1, 0.15) is 17.1 Å². The summed E-state index contributed by atoms with van der Waals surface area (Å²) in [6.07, 6.45) is 0.820. The number of H-pyrrole nitrogens is 1. The summed E-state index contributed by atoms with van der Waals surface area (Å²) in [5.41, 5.74) is 1.16. The molecule has 14 heteroatoms. The van der Waals surface area contributed by atoms with E-state index in [9.17, 15) is 14.4 Å². The summed E-state index contributed by atoms with van der Waals surface area (Å²) in [4.78, 5) is 45.8. The maximum atomic E-state index is 13.5. The Hall–Kier alpha value is -3.77. The number of amides is 3. The van der Waals surface area contributed by atoms with Crippen LogP contribution in [-0.4, -0.2) is 85.3 Å². The molecule has 2 saturated heterocycles. The van der Waals surface area contributed by atoms with Crippen LogP contribution in [0.25, 0.3) is 10.9 Å². The van der Waals surface area contributed by atoms with Gasteiger partial charge in [-0.25, -0.2) is 9.78 Å². The first-order valence-corrected chi connectivity index (χ1v) is 15.2. The summed E-state index contributed by atoms with van der Waals surface area (Å²) in [5.74, 6) is 0.512. The monoisotopic (exact) mass is 644 g/mol. The maximum absolute atomic E-state index is 13.5. The number of carbonyl (C=O) groups is 3. The Labute approximate surface area is 266 Å². The Balaban J connectivity index is 1.39. The second-order valence-corrected chi connectivity index (χ2v) is 14.0. The molecule has 5 rings (SSSR count). The van der Waals surface area contributed by atoms with E-state index in [4.69, 9.17) is 27.9 Å². The van der Waals surface area contributed by atoms with Crippen molar-refractivity contribution in [2.45, 2.75) is 71.2 Å². The van der Waals surface area contributed by atoms with E-state index in [1.807, 2.05) is 32.9 Å². The fraction of sp³-hybridized carbons (Fsp3) is 0.500. The molecule has 44 heavy (non-hydrogen) atoms. The van der Waals surface area contributed by atoms with E-state index in [0.29, 0.717) is 42.8 Å². The zero-order valence-electron chi connectivity index (χ0n) is 25.8. The van der Waals surface area contributed by atoms with Gasteiger partial charge in [-0.1, -0.05) is 50.6 Å². The number of aromatic amines is 1. The zero-order chi connectivity index (χ0) is 32.1. The molecule has 0 unspecified atom stereocenters. The van der Waals surface area contributed by atoms with E-state index in [1.54, 1.807) is 14.4 Å². The van der Waals surface area contributed by atoms with Crippen molar-refractivity contribution in [1.82, 2.24) is 34.9 Å². The third-order valence-electron chi connectivity index (χ3n) is 7.61. The predicted molar refractivity (Wildman–Crippen MR) is 169 cm³/mol. The molecule has 2 aromatic heterocycles. The van der Waals surface area contributed by atoms with Crippen LogP contribution < -0.4 is 10.6 Å². The van der Waals surface area contributed by atoms with Crippen molar-refractivity contribution in [3.05, 3.63) is 52.0 Å². The Morgan fingerprint density at radius 2 is 1.77 bits per heavy atom. The molecule has 0 spiro atoms. The number of fused-ring (bicyclic) bond motifs is 1. The van der Waals surface area contributed by atoms with Crippen LogP contribution in [0.1, 0.15) is 69.5 Å². The van der Waals surface area contributed by atoms with Crippen molar-refractivity contribution in [3.63, 3.8) is 0 Å². The van der Waals surface area contributed by atoms with E-state index in [1.165, 1.54) is 6.08 Å². The van der Waals surface area contributed by atoms with Crippen LogP contribution in [0.4, 0.5) is 10.6 Å². The van der Waals surface area contributed by atoms with Crippen LogP contribution in [0.3, 0.4) is 0 Å².